The van der Waals surface area contributed by atoms with Crippen LogP contribution in [0.4, 0.5) is 17.6 Å². The molecule has 0 bridgehead atoms. The average molecular weight is 476 g/mol. The van der Waals surface area contributed by atoms with Gasteiger partial charge in [0.1, 0.15) is 5.82 Å². The maximum absolute atomic E-state index is 13.6. The summed E-state index contributed by atoms with van der Waals surface area (Å²) in [5.41, 5.74) is 1.36. The molecule has 1 aliphatic carbocycles. The number of nitrogens with one attached hydrogen (secondary N) is 1. The third kappa shape index (κ3) is 6.07. The van der Waals surface area contributed by atoms with Crippen LogP contribution in [0, 0.1) is 17.7 Å². The third-order valence-electron chi connectivity index (χ3n) is 7.73. The summed E-state index contributed by atoms with van der Waals surface area (Å²) in [6.45, 7) is 3.90. The summed E-state index contributed by atoms with van der Waals surface area (Å²) in [7, 11) is 0. The molecular formula is C28H33F4NO. The van der Waals surface area contributed by atoms with Gasteiger partial charge in [-0.2, -0.15) is 13.2 Å². The van der Waals surface area contributed by atoms with Crippen LogP contribution < -0.4 is 5.32 Å². The number of alkyl halides is 3. The first-order chi connectivity index (χ1) is 16.2. The van der Waals surface area contributed by atoms with Gasteiger partial charge in [-0.1, -0.05) is 37.3 Å². The molecule has 0 spiro atoms. The summed E-state index contributed by atoms with van der Waals surface area (Å²) in [4.78, 5) is 12.6. The SMILES string of the molecule is C[C@@H](CC1CC[C@H](c2ccc(C(=O)CC3CCNCC3)cc2)C1)c1ccc(F)c(C(F)(F)F)c1. The van der Waals surface area contributed by atoms with Gasteiger partial charge in [-0.05, 0) is 98.5 Å². The van der Waals surface area contributed by atoms with Gasteiger partial charge in [0.15, 0.2) is 5.78 Å². The number of carbonyl (C=O) groups is 1. The molecule has 2 nitrogen and oxygen atoms in total. The molecule has 2 fully saturated rings. The number of carbonyl (C=O) groups excluding carboxylic acids is 1. The van der Waals surface area contributed by atoms with Crippen LogP contribution in [0.1, 0.15) is 90.8 Å². The Labute approximate surface area is 199 Å². The summed E-state index contributed by atoms with van der Waals surface area (Å²) in [5.74, 6) is 0.223. The van der Waals surface area contributed by atoms with Crippen molar-refractivity contribution in [3.8, 4) is 0 Å². The predicted octanol–water partition coefficient (Wildman–Crippen LogP) is 7.49. The highest BCUT2D eigenvalue weighted by Crippen LogP contribution is 2.43. The molecule has 4 rings (SSSR count). The fourth-order valence-corrected chi connectivity index (χ4v) is 5.70. The van der Waals surface area contributed by atoms with Crippen LogP contribution in [-0.4, -0.2) is 18.9 Å². The van der Waals surface area contributed by atoms with Gasteiger partial charge in [-0.15, -0.1) is 0 Å². The van der Waals surface area contributed by atoms with Gasteiger partial charge in [-0.25, -0.2) is 4.39 Å². The summed E-state index contributed by atoms with van der Waals surface area (Å²) in [6, 6.07) is 11.4. The highest BCUT2D eigenvalue weighted by molar-refractivity contribution is 5.96. The van der Waals surface area contributed by atoms with E-state index in [2.05, 4.69) is 17.4 Å². The molecule has 1 unspecified atom stereocenters. The molecule has 2 aromatic carbocycles. The first-order valence-electron chi connectivity index (χ1n) is 12.4. The molecule has 2 aliphatic rings. The molecule has 0 radical (unpaired) electrons. The van der Waals surface area contributed by atoms with Gasteiger partial charge in [0, 0.05) is 12.0 Å². The van der Waals surface area contributed by atoms with E-state index in [-0.39, 0.29) is 11.7 Å². The van der Waals surface area contributed by atoms with Crippen molar-refractivity contribution < 1.29 is 22.4 Å². The number of piperidine rings is 1. The van der Waals surface area contributed by atoms with Crippen molar-refractivity contribution in [1.29, 1.82) is 0 Å². The van der Waals surface area contributed by atoms with E-state index in [1.165, 1.54) is 11.6 Å². The Morgan fingerprint density at radius 2 is 1.71 bits per heavy atom. The molecular weight excluding hydrogens is 442 g/mol. The Morgan fingerprint density at radius 3 is 2.38 bits per heavy atom. The van der Waals surface area contributed by atoms with E-state index in [1.807, 2.05) is 19.1 Å². The van der Waals surface area contributed by atoms with Crippen LogP contribution in [0.25, 0.3) is 0 Å². The lowest BCUT2D eigenvalue weighted by molar-refractivity contribution is -0.140. The van der Waals surface area contributed by atoms with Crippen LogP contribution in [0.3, 0.4) is 0 Å². The maximum Gasteiger partial charge on any atom is 0.419 e. The molecule has 1 aliphatic heterocycles. The Kier molecular flexibility index (Phi) is 7.76. The highest BCUT2D eigenvalue weighted by atomic mass is 19.4. The van der Waals surface area contributed by atoms with E-state index in [0.717, 1.165) is 69.3 Å². The molecule has 0 amide bonds. The predicted molar refractivity (Wildman–Crippen MR) is 125 cm³/mol. The zero-order valence-electron chi connectivity index (χ0n) is 19.6. The van der Waals surface area contributed by atoms with Crippen molar-refractivity contribution in [2.45, 2.75) is 69.9 Å². The Balaban J connectivity index is 1.32. The van der Waals surface area contributed by atoms with Crippen LogP contribution in [0.15, 0.2) is 42.5 Å². The van der Waals surface area contributed by atoms with Gasteiger partial charge in [0.2, 0.25) is 0 Å². The molecule has 3 atom stereocenters. The topological polar surface area (TPSA) is 29.1 Å². The lowest BCUT2D eigenvalue weighted by Crippen LogP contribution is -2.28. The van der Waals surface area contributed by atoms with Crippen LogP contribution >= 0.6 is 0 Å². The molecule has 1 saturated heterocycles. The van der Waals surface area contributed by atoms with Gasteiger partial charge >= 0.3 is 6.18 Å². The average Bonchev–Trinajstić information content (AvgIpc) is 3.27. The zero-order chi connectivity index (χ0) is 24.3. The molecule has 34 heavy (non-hydrogen) atoms. The molecule has 184 valence electrons. The Morgan fingerprint density at radius 1 is 1.00 bits per heavy atom. The minimum absolute atomic E-state index is 0.0690. The van der Waals surface area contributed by atoms with Gasteiger partial charge in [0.25, 0.3) is 0 Å². The third-order valence-corrected chi connectivity index (χ3v) is 7.73. The lowest BCUT2D eigenvalue weighted by Gasteiger charge is -2.21. The molecule has 2 aromatic rings. The Bertz CT molecular complexity index is 979. The monoisotopic (exact) mass is 475 g/mol. The number of hydrogen-bond donors (Lipinski definition) is 1. The minimum atomic E-state index is -4.68. The molecule has 0 aromatic heterocycles. The second-order valence-corrected chi connectivity index (χ2v) is 10.2. The van der Waals surface area contributed by atoms with E-state index < -0.39 is 17.6 Å². The minimum Gasteiger partial charge on any atom is -0.317 e. The van der Waals surface area contributed by atoms with Crippen molar-refractivity contribution in [2.75, 3.05) is 13.1 Å². The summed E-state index contributed by atoms with van der Waals surface area (Å²) in [5, 5.41) is 3.33. The number of halogens is 4. The number of rotatable bonds is 7. The number of hydrogen-bond acceptors (Lipinski definition) is 2. The quantitative estimate of drug-likeness (QED) is 0.332. The van der Waals surface area contributed by atoms with E-state index in [4.69, 9.17) is 0 Å². The molecule has 6 heteroatoms. The second-order valence-electron chi connectivity index (χ2n) is 10.2. The first-order valence-corrected chi connectivity index (χ1v) is 12.4. The summed E-state index contributed by atoms with van der Waals surface area (Å²) < 4.78 is 52.8. The standard InChI is InChI=1S/C28H33F4NO/c1-18(23-8-9-26(29)25(17-23)28(30,31)32)14-20-2-3-24(15-20)21-4-6-22(7-5-21)27(34)16-19-10-12-33-13-11-19/h4-9,17-20,24,33H,2-3,10-16H2,1H3/t18-,20?,24-/m0/s1. The van der Waals surface area contributed by atoms with Gasteiger partial charge < -0.3 is 5.32 Å². The molecule has 1 heterocycles. The first kappa shape index (κ1) is 24.9. The maximum atomic E-state index is 13.6. The highest BCUT2D eigenvalue weighted by Gasteiger charge is 2.35. The largest absolute Gasteiger partial charge is 0.419 e. The van der Waals surface area contributed by atoms with Crippen molar-refractivity contribution in [3.63, 3.8) is 0 Å². The van der Waals surface area contributed by atoms with Gasteiger partial charge in [-0.3, -0.25) is 4.79 Å². The fraction of sp³-hybridized carbons (Fsp3) is 0.536. The van der Waals surface area contributed by atoms with Gasteiger partial charge in [0.05, 0.1) is 5.56 Å². The van der Waals surface area contributed by atoms with Crippen molar-refractivity contribution in [3.05, 3.63) is 70.5 Å². The van der Waals surface area contributed by atoms with E-state index in [9.17, 15) is 22.4 Å². The smallest absolute Gasteiger partial charge is 0.317 e. The van der Waals surface area contributed by atoms with E-state index >= 15 is 0 Å². The Hall–Kier alpha value is -2.21. The van der Waals surface area contributed by atoms with Crippen LogP contribution in [0.2, 0.25) is 0 Å². The van der Waals surface area contributed by atoms with Crippen molar-refractivity contribution in [2.24, 2.45) is 11.8 Å². The number of Topliss-reactive ketones (excluding diaryl/α,β-unsaturated/α-hetero) is 1. The lowest BCUT2D eigenvalue weighted by atomic mass is 9.87. The van der Waals surface area contributed by atoms with E-state index in [0.29, 0.717) is 29.7 Å². The fourth-order valence-electron chi connectivity index (χ4n) is 5.70. The van der Waals surface area contributed by atoms with Crippen LogP contribution in [-0.2, 0) is 6.18 Å². The van der Waals surface area contributed by atoms with Crippen molar-refractivity contribution in [1.82, 2.24) is 5.32 Å². The normalized spacial score (nSPS) is 22.6. The number of ketones is 1. The second kappa shape index (κ2) is 10.6. The summed E-state index contributed by atoms with van der Waals surface area (Å²) >= 11 is 0. The van der Waals surface area contributed by atoms with Crippen LogP contribution in [0.5, 0.6) is 0 Å². The number of benzene rings is 2. The van der Waals surface area contributed by atoms with E-state index in [1.54, 1.807) is 0 Å². The summed E-state index contributed by atoms with van der Waals surface area (Å²) in [6.07, 6.45) is 1.88. The molecule has 1 N–H and O–H groups in total. The molecule has 1 saturated carbocycles. The zero-order valence-corrected chi connectivity index (χ0v) is 19.6. The van der Waals surface area contributed by atoms with Crippen molar-refractivity contribution >= 4 is 5.78 Å².